The molecular formula is C44H60N4O6. The molecule has 2 heterocycles. The van der Waals surface area contributed by atoms with Gasteiger partial charge in [-0.15, -0.1) is 12.8 Å². The lowest BCUT2D eigenvalue weighted by Crippen LogP contribution is -2.44. The van der Waals surface area contributed by atoms with E-state index in [1.165, 1.54) is 25.7 Å². The van der Waals surface area contributed by atoms with Crippen molar-refractivity contribution in [3.05, 3.63) is 78.9 Å². The number of benzene rings is 2. The van der Waals surface area contributed by atoms with Crippen LogP contribution in [0.4, 0.5) is 11.4 Å². The number of piperidine rings is 2. The summed E-state index contributed by atoms with van der Waals surface area (Å²) in [6.45, 7) is 9.25. The lowest BCUT2D eigenvalue weighted by Gasteiger charge is -2.40. The molecule has 10 heteroatoms. The van der Waals surface area contributed by atoms with Gasteiger partial charge in [-0.05, 0) is 154 Å². The molecule has 292 valence electrons. The molecule has 0 radical (unpaired) electrons. The maximum atomic E-state index is 11.3. The molecule has 2 saturated carbocycles. The Morgan fingerprint density at radius 1 is 0.611 bits per heavy atom. The van der Waals surface area contributed by atoms with Gasteiger partial charge >= 0.3 is 0 Å². The number of ether oxygens (including phenoxy) is 2. The molecule has 2 aliphatic heterocycles. The summed E-state index contributed by atoms with van der Waals surface area (Å²) in [5.74, 6) is 6.19. The average molecular weight is 741 g/mol. The fourth-order valence-electron chi connectivity index (χ4n) is 9.26. The monoisotopic (exact) mass is 740 g/mol. The molecule has 0 bridgehead atoms. The van der Waals surface area contributed by atoms with E-state index in [-0.39, 0.29) is 21.2 Å². The number of rotatable bonds is 12. The van der Waals surface area contributed by atoms with Gasteiger partial charge in [0.2, 0.25) is 0 Å². The molecular weight excluding hydrogens is 681 g/mol. The molecule has 4 fully saturated rings. The molecule has 0 unspecified atom stereocenters. The first kappa shape index (κ1) is 41.4. The first-order valence-electron chi connectivity index (χ1n) is 20.2. The molecule has 0 atom stereocenters. The van der Waals surface area contributed by atoms with Crippen LogP contribution in [0.1, 0.15) is 99.3 Å². The summed E-state index contributed by atoms with van der Waals surface area (Å²) in [6.07, 6.45) is 26.5. The minimum atomic E-state index is -0.245. The van der Waals surface area contributed by atoms with Crippen LogP contribution in [-0.4, -0.2) is 83.3 Å². The van der Waals surface area contributed by atoms with Crippen molar-refractivity contribution < 1.29 is 19.3 Å². The number of terminal acetylenes is 2. The zero-order valence-corrected chi connectivity index (χ0v) is 32.5. The summed E-state index contributed by atoms with van der Waals surface area (Å²) in [5, 5.41) is 22.6. The van der Waals surface area contributed by atoms with Gasteiger partial charge in [0.25, 0.3) is 11.4 Å². The Labute approximate surface area is 322 Å². The Morgan fingerprint density at radius 3 is 1.28 bits per heavy atom. The molecule has 2 aromatic carbocycles. The fourth-order valence-corrected chi connectivity index (χ4v) is 9.26. The molecule has 0 spiro atoms. The third-order valence-corrected chi connectivity index (χ3v) is 12.3. The van der Waals surface area contributed by atoms with Gasteiger partial charge in [0.15, 0.2) is 0 Å². The summed E-state index contributed by atoms with van der Waals surface area (Å²) in [7, 11) is 0. The molecule has 0 aromatic heterocycles. The molecule has 2 saturated heterocycles. The van der Waals surface area contributed by atoms with Crippen LogP contribution in [0.2, 0.25) is 0 Å². The van der Waals surface area contributed by atoms with Crippen LogP contribution < -0.4 is 0 Å². The maximum Gasteiger partial charge on any atom is 0.272 e. The number of nitro benzene ring substituents is 2. The van der Waals surface area contributed by atoms with Crippen molar-refractivity contribution in [1.82, 2.24) is 9.80 Å². The summed E-state index contributed by atoms with van der Waals surface area (Å²) < 4.78 is 11.4. The van der Waals surface area contributed by atoms with Crippen LogP contribution in [0.25, 0.3) is 0 Å². The van der Waals surface area contributed by atoms with Gasteiger partial charge < -0.3 is 19.3 Å². The first-order valence-corrected chi connectivity index (χ1v) is 20.2. The lowest BCUT2D eigenvalue weighted by molar-refractivity contribution is -0.385. The second kappa shape index (κ2) is 20.8. The quantitative estimate of drug-likeness (QED) is 0.122. The summed E-state index contributed by atoms with van der Waals surface area (Å²) in [5.41, 5.74) is 4.52. The van der Waals surface area contributed by atoms with Crippen molar-refractivity contribution in [3.63, 3.8) is 0 Å². The van der Waals surface area contributed by atoms with E-state index < -0.39 is 0 Å². The Balaban J connectivity index is 0.000000208. The average Bonchev–Trinajstić information content (AvgIpc) is 3.17. The van der Waals surface area contributed by atoms with E-state index >= 15 is 0 Å². The third-order valence-electron chi connectivity index (χ3n) is 12.3. The molecule has 6 rings (SSSR count). The van der Waals surface area contributed by atoms with Crippen LogP contribution in [0.15, 0.2) is 36.4 Å². The first-order chi connectivity index (χ1) is 26.1. The van der Waals surface area contributed by atoms with Crippen LogP contribution in [0.3, 0.4) is 0 Å². The van der Waals surface area contributed by atoms with Crippen LogP contribution >= 0.6 is 0 Å². The standard InChI is InChI=1S/2C22H30N2O3/c2*1-3-14-27-21-7-5-20(6-8-21)23-12-10-18(11-13-23)16-19-15-17(2)4-9-22(19)24(25)26/h2*1,4,9,15,18,20-21H,5-8,10-14,16H2,2H3. The predicted molar refractivity (Wildman–Crippen MR) is 213 cm³/mol. The van der Waals surface area contributed by atoms with Crippen LogP contribution in [-0.2, 0) is 22.3 Å². The van der Waals surface area contributed by atoms with Crippen molar-refractivity contribution in [3.8, 4) is 24.7 Å². The van der Waals surface area contributed by atoms with E-state index in [4.69, 9.17) is 22.3 Å². The highest BCUT2D eigenvalue weighted by atomic mass is 16.6. The number of hydrogen-bond donors (Lipinski definition) is 0. The Kier molecular flexibility index (Phi) is 15.9. The number of nitrogens with zero attached hydrogens (tertiary/aromatic N) is 4. The molecule has 54 heavy (non-hydrogen) atoms. The van der Waals surface area contributed by atoms with Gasteiger partial charge in [-0.1, -0.05) is 35.1 Å². The fraction of sp³-hybridized carbons (Fsp3) is 0.636. The van der Waals surface area contributed by atoms with Crippen molar-refractivity contribution >= 4 is 11.4 Å². The smallest absolute Gasteiger partial charge is 0.272 e. The molecule has 0 amide bonds. The molecule has 10 nitrogen and oxygen atoms in total. The van der Waals surface area contributed by atoms with E-state index in [1.807, 2.05) is 38.1 Å². The van der Waals surface area contributed by atoms with E-state index in [9.17, 15) is 20.2 Å². The molecule has 2 aliphatic carbocycles. The van der Waals surface area contributed by atoms with Gasteiger partial charge in [0.1, 0.15) is 13.2 Å². The second-order valence-corrected chi connectivity index (χ2v) is 16.0. The zero-order valence-electron chi connectivity index (χ0n) is 32.5. The maximum absolute atomic E-state index is 11.3. The van der Waals surface area contributed by atoms with E-state index in [2.05, 4.69) is 21.6 Å². The highest BCUT2D eigenvalue weighted by molar-refractivity contribution is 5.43. The van der Waals surface area contributed by atoms with E-state index in [0.29, 0.717) is 49.3 Å². The Morgan fingerprint density at radius 2 is 0.963 bits per heavy atom. The van der Waals surface area contributed by atoms with Gasteiger partial charge in [-0.2, -0.15) is 0 Å². The van der Waals surface area contributed by atoms with Crippen molar-refractivity contribution in [2.75, 3.05) is 39.4 Å². The number of nitro groups is 2. The summed E-state index contributed by atoms with van der Waals surface area (Å²) in [4.78, 5) is 27.4. The van der Waals surface area contributed by atoms with Gasteiger partial charge in [0.05, 0.1) is 22.1 Å². The Hall–Kier alpha value is -3.80. The lowest BCUT2D eigenvalue weighted by atomic mass is 9.86. The largest absolute Gasteiger partial charge is 0.366 e. The van der Waals surface area contributed by atoms with Crippen molar-refractivity contribution in [2.24, 2.45) is 11.8 Å². The number of hydrogen-bond acceptors (Lipinski definition) is 8. The third kappa shape index (κ3) is 12.1. The normalized spacial score (nSPS) is 24.4. The van der Waals surface area contributed by atoms with Crippen molar-refractivity contribution in [2.45, 2.75) is 128 Å². The molecule has 0 N–H and O–H groups in total. The van der Waals surface area contributed by atoms with Crippen molar-refractivity contribution in [1.29, 1.82) is 0 Å². The minimum Gasteiger partial charge on any atom is -0.366 e. The zero-order chi connectivity index (χ0) is 38.5. The minimum absolute atomic E-state index is 0.245. The Bertz CT molecular complexity index is 1480. The number of aryl methyl sites for hydroxylation is 2. The van der Waals surface area contributed by atoms with Gasteiger partial charge in [0, 0.05) is 35.3 Å². The number of likely N-dealkylation sites (tertiary alicyclic amines) is 2. The van der Waals surface area contributed by atoms with Gasteiger partial charge in [-0.25, -0.2) is 0 Å². The highest BCUT2D eigenvalue weighted by Crippen LogP contribution is 2.33. The summed E-state index contributed by atoms with van der Waals surface area (Å²) >= 11 is 0. The second-order valence-electron chi connectivity index (χ2n) is 16.0. The molecule has 4 aliphatic rings. The SMILES string of the molecule is C#CCOC1CCC(N2CCC(Cc3cc(C)ccc3[N+](=O)[O-])CC2)CC1.C#CCOC1CCC(N2CCC(Cc3cc(C)ccc3[N+](=O)[O-])CC2)CC1. The van der Waals surface area contributed by atoms with Gasteiger partial charge in [-0.3, -0.25) is 20.2 Å². The summed E-state index contributed by atoms with van der Waals surface area (Å²) in [6, 6.07) is 12.3. The topological polar surface area (TPSA) is 111 Å². The van der Waals surface area contributed by atoms with Crippen LogP contribution in [0.5, 0.6) is 0 Å². The molecule has 2 aromatic rings. The van der Waals surface area contributed by atoms with E-state index in [1.54, 1.807) is 12.1 Å². The predicted octanol–water partition coefficient (Wildman–Crippen LogP) is 8.24. The van der Waals surface area contributed by atoms with Crippen LogP contribution in [0, 0.1) is 70.6 Å². The van der Waals surface area contributed by atoms with E-state index in [0.717, 1.165) is 113 Å². The highest BCUT2D eigenvalue weighted by Gasteiger charge is 2.32.